The number of fused-ring (bicyclic) bond motifs is 1. The fourth-order valence-electron chi connectivity index (χ4n) is 4.54. The van der Waals surface area contributed by atoms with Gasteiger partial charge in [0.1, 0.15) is 11.6 Å². The van der Waals surface area contributed by atoms with Gasteiger partial charge >= 0.3 is 12.3 Å². The van der Waals surface area contributed by atoms with Crippen LogP contribution in [0, 0.1) is 17.6 Å². The molecule has 1 aliphatic rings. The highest BCUT2D eigenvalue weighted by Gasteiger charge is 2.45. The van der Waals surface area contributed by atoms with Crippen LogP contribution in [-0.4, -0.2) is 56.1 Å². The third kappa shape index (κ3) is 5.01. The molecule has 3 N–H and O–H groups in total. The van der Waals surface area contributed by atoms with Crippen LogP contribution in [0.25, 0.3) is 16.8 Å². The van der Waals surface area contributed by atoms with Gasteiger partial charge in [-0.05, 0) is 36.8 Å². The van der Waals surface area contributed by atoms with Gasteiger partial charge < -0.3 is 20.6 Å². The molecule has 1 aromatic carbocycles. The number of benzene rings is 1. The van der Waals surface area contributed by atoms with Crippen molar-refractivity contribution in [3.8, 4) is 11.3 Å². The number of halogens is 5. The number of anilines is 3. The first-order chi connectivity index (χ1) is 18.1. The Morgan fingerprint density at radius 3 is 2.53 bits per heavy atom. The number of amides is 1. The summed E-state index contributed by atoms with van der Waals surface area (Å²) in [5.41, 5.74) is 0.784. The van der Waals surface area contributed by atoms with Gasteiger partial charge in [0.15, 0.2) is 0 Å². The van der Waals surface area contributed by atoms with Crippen molar-refractivity contribution in [3.05, 3.63) is 66.6 Å². The van der Waals surface area contributed by atoms with Crippen LogP contribution >= 0.6 is 0 Å². The molecule has 0 unspecified atom stereocenters. The summed E-state index contributed by atoms with van der Waals surface area (Å²) >= 11 is 0. The topological polar surface area (TPSA) is 108 Å². The van der Waals surface area contributed by atoms with Crippen LogP contribution in [0.3, 0.4) is 0 Å². The van der Waals surface area contributed by atoms with Crippen molar-refractivity contribution in [2.75, 3.05) is 23.3 Å². The monoisotopic (exact) mass is 533 g/mol. The van der Waals surface area contributed by atoms with Gasteiger partial charge in [-0.2, -0.15) is 22.8 Å². The lowest BCUT2D eigenvalue weighted by atomic mass is 9.93. The SMILES string of the molecule is O=C(O)N[C@H]1C[C@H](C(F)(F)F)CN(c2ccncc2Nc2ncc3ccc(-c4c(F)cccc4F)nn23)C1. The molecule has 0 radical (unpaired) electrons. The van der Waals surface area contributed by atoms with E-state index in [9.17, 15) is 26.7 Å². The molecule has 0 spiro atoms. The average Bonchev–Trinajstić information content (AvgIpc) is 3.25. The molecule has 4 aromatic rings. The van der Waals surface area contributed by atoms with Crippen molar-refractivity contribution in [2.45, 2.75) is 18.6 Å². The second kappa shape index (κ2) is 9.76. The first kappa shape index (κ1) is 25.2. The minimum absolute atomic E-state index is 0.00510. The van der Waals surface area contributed by atoms with Gasteiger partial charge in [-0.1, -0.05) is 6.07 Å². The smallest absolute Gasteiger partial charge is 0.404 e. The van der Waals surface area contributed by atoms with Crippen LogP contribution in [-0.2, 0) is 0 Å². The summed E-state index contributed by atoms with van der Waals surface area (Å²) in [5, 5.41) is 18.5. The zero-order chi connectivity index (χ0) is 27.0. The summed E-state index contributed by atoms with van der Waals surface area (Å²) in [5.74, 6) is -3.23. The van der Waals surface area contributed by atoms with E-state index >= 15 is 0 Å². The van der Waals surface area contributed by atoms with E-state index in [1.807, 2.05) is 0 Å². The van der Waals surface area contributed by atoms with Gasteiger partial charge in [-0.15, -0.1) is 0 Å². The molecule has 1 saturated heterocycles. The van der Waals surface area contributed by atoms with Crippen LogP contribution in [0.15, 0.2) is 55.0 Å². The standard InChI is InChI=1S/C24H20F5N7O2/c25-16-2-1-3-17(26)21(16)18-5-4-15-9-31-22(36(15)34-18)33-19-10-30-7-6-20(19)35-11-13(24(27,28)29)8-14(12-35)32-23(37)38/h1-7,9-10,13-14,32H,8,11-12H2,(H,31,33)(H,37,38)/t13-,14-/m0/s1. The van der Waals surface area contributed by atoms with Crippen LogP contribution in [0.5, 0.6) is 0 Å². The molecule has 0 aliphatic carbocycles. The zero-order valence-corrected chi connectivity index (χ0v) is 19.5. The number of hydrogen-bond donors (Lipinski definition) is 3. The Kier molecular flexibility index (Phi) is 6.46. The summed E-state index contributed by atoms with van der Waals surface area (Å²) in [6.45, 7) is -0.397. The average molecular weight is 533 g/mol. The number of hydrogen-bond acceptors (Lipinski definition) is 6. The number of imidazole rings is 1. The Bertz CT molecular complexity index is 1470. The third-order valence-electron chi connectivity index (χ3n) is 6.23. The Labute approximate surface area is 211 Å². The molecule has 1 fully saturated rings. The van der Waals surface area contributed by atoms with E-state index in [0.29, 0.717) is 11.2 Å². The van der Waals surface area contributed by atoms with Crippen molar-refractivity contribution >= 4 is 28.9 Å². The minimum Gasteiger partial charge on any atom is -0.465 e. The van der Waals surface area contributed by atoms with Crippen molar-refractivity contribution in [3.63, 3.8) is 0 Å². The zero-order valence-electron chi connectivity index (χ0n) is 19.5. The van der Waals surface area contributed by atoms with E-state index in [2.05, 4.69) is 25.7 Å². The maximum atomic E-state index is 14.3. The Hall–Kier alpha value is -4.49. The molecule has 198 valence electrons. The van der Waals surface area contributed by atoms with Gasteiger partial charge in [0, 0.05) is 19.3 Å². The van der Waals surface area contributed by atoms with Gasteiger partial charge in [0.2, 0.25) is 5.95 Å². The maximum Gasteiger partial charge on any atom is 0.404 e. The predicted molar refractivity (Wildman–Crippen MR) is 127 cm³/mol. The van der Waals surface area contributed by atoms with E-state index in [4.69, 9.17) is 5.11 Å². The van der Waals surface area contributed by atoms with Gasteiger partial charge in [-0.25, -0.2) is 18.6 Å². The minimum atomic E-state index is -4.53. The molecule has 3 aromatic heterocycles. The molecule has 5 rings (SSSR count). The van der Waals surface area contributed by atoms with Crippen LogP contribution in [0.2, 0.25) is 0 Å². The number of rotatable bonds is 5. The molecular weight excluding hydrogens is 513 g/mol. The number of nitrogens with one attached hydrogen (secondary N) is 2. The lowest BCUT2D eigenvalue weighted by molar-refractivity contribution is -0.177. The highest BCUT2D eigenvalue weighted by atomic mass is 19.4. The molecule has 0 bridgehead atoms. The lowest BCUT2D eigenvalue weighted by Crippen LogP contribution is -2.53. The molecular formula is C24H20F5N7O2. The van der Waals surface area contributed by atoms with E-state index in [1.54, 1.807) is 6.07 Å². The summed E-state index contributed by atoms with van der Waals surface area (Å²) < 4.78 is 70.9. The third-order valence-corrected chi connectivity index (χ3v) is 6.23. The number of carboxylic acid groups (broad SMARTS) is 1. The van der Waals surface area contributed by atoms with Crippen molar-refractivity contribution in [2.24, 2.45) is 5.92 Å². The fourth-order valence-corrected chi connectivity index (χ4v) is 4.54. The van der Waals surface area contributed by atoms with Crippen molar-refractivity contribution < 1.29 is 31.9 Å². The number of carbonyl (C=O) groups is 1. The van der Waals surface area contributed by atoms with Crippen molar-refractivity contribution in [1.29, 1.82) is 0 Å². The van der Waals surface area contributed by atoms with Gasteiger partial charge in [-0.3, -0.25) is 4.98 Å². The molecule has 1 aliphatic heterocycles. The fraction of sp³-hybridized carbons (Fsp3) is 0.250. The summed E-state index contributed by atoms with van der Waals surface area (Å²) in [7, 11) is 0. The summed E-state index contributed by atoms with van der Waals surface area (Å²) in [6, 6.07) is 7.01. The second-order valence-electron chi connectivity index (χ2n) is 8.78. The van der Waals surface area contributed by atoms with Crippen LogP contribution in [0.1, 0.15) is 6.42 Å². The quantitative estimate of drug-likeness (QED) is 0.315. The second-order valence-corrected chi connectivity index (χ2v) is 8.78. The van der Waals surface area contributed by atoms with E-state index in [0.717, 1.165) is 12.1 Å². The highest BCUT2D eigenvalue weighted by Crippen LogP contribution is 2.37. The van der Waals surface area contributed by atoms with Crippen LogP contribution < -0.4 is 15.5 Å². The molecule has 0 saturated carbocycles. The molecule has 9 nitrogen and oxygen atoms in total. The van der Waals surface area contributed by atoms with E-state index in [1.165, 1.54) is 46.2 Å². The molecule has 2 atom stereocenters. The number of pyridine rings is 1. The van der Waals surface area contributed by atoms with E-state index in [-0.39, 0.29) is 35.9 Å². The first-order valence-corrected chi connectivity index (χ1v) is 11.4. The largest absolute Gasteiger partial charge is 0.465 e. The van der Waals surface area contributed by atoms with Crippen LogP contribution in [0.4, 0.5) is 44.1 Å². The molecule has 1 amide bonds. The Balaban J connectivity index is 1.49. The lowest BCUT2D eigenvalue weighted by Gasteiger charge is -2.40. The van der Waals surface area contributed by atoms with Gasteiger partial charge in [0.05, 0.1) is 52.5 Å². The van der Waals surface area contributed by atoms with E-state index < -0.39 is 42.4 Å². The predicted octanol–water partition coefficient (Wildman–Crippen LogP) is 4.84. The maximum absolute atomic E-state index is 14.3. The van der Waals surface area contributed by atoms with Gasteiger partial charge in [0.25, 0.3) is 0 Å². The first-order valence-electron chi connectivity index (χ1n) is 11.4. The molecule has 14 heteroatoms. The molecule has 4 heterocycles. The number of aromatic nitrogens is 4. The Morgan fingerprint density at radius 2 is 1.82 bits per heavy atom. The highest BCUT2D eigenvalue weighted by molar-refractivity contribution is 5.74. The number of piperidine rings is 1. The summed E-state index contributed by atoms with van der Waals surface area (Å²) in [4.78, 5) is 20.9. The summed E-state index contributed by atoms with van der Waals surface area (Å²) in [6.07, 6.45) is -2.08. The number of alkyl halides is 3. The normalized spacial score (nSPS) is 18.0. The number of nitrogens with zero attached hydrogens (tertiary/aromatic N) is 5. The molecule has 38 heavy (non-hydrogen) atoms. The van der Waals surface area contributed by atoms with Crippen molar-refractivity contribution in [1.82, 2.24) is 24.9 Å². The Morgan fingerprint density at radius 1 is 1.05 bits per heavy atom.